The molecule has 1 aromatic carbocycles. The number of anilines is 1. The Morgan fingerprint density at radius 1 is 1.38 bits per heavy atom. The molecular formula is C19H15N5O2. The summed E-state index contributed by atoms with van der Waals surface area (Å²) in [5.74, 6) is -0.355. The number of nitrogens with one attached hydrogen (secondary N) is 1. The first-order valence-corrected chi connectivity index (χ1v) is 8.04. The molecule has 0 saturated heterocycles. The molecular weight excluding hydrogens is 330 g/mol. The largest absolute Gasteiger partial charge is 0.472 e. The Balaban J connectivity index is 1.65. The van der Waals surface area contributed by atoms with E-state index in [2.05, 4.69) is 15.4 Å². The third-order valence-electron chi connectivity index (χ3n) is 4.38. The van der Waals surface area contributed by atoms with Gasteiger partial charge in [0, 0.05) is 23.9 Å². The Labute approximate surface area is 149 Å². The number of benzene rings is 1. The summed E-state index contributed by atoms with van der Waals surface area (Å²) in [5.41, 5.74) is 5.49. The summed E-state index contributed by atoms with van der Waals surface area (Å²) >= 11 is 0. The van der Waals surface area contributed by atoms with E-state index in [0.717, 1.165) is 22.4 Å². The maximum absolute atomic E-state index is 12.7. The zero-order chi connectivity index (χ0) is 18.3. The summed E-state index contributed by atoms with van der Waals surface area (Å²) in [4.78, 5) is 17.2. The number of aromatic nitrogens is 2. The summed E-state index contributed by atoms with van der Waals surface area (Å²) in [5, 5.41) is 16.3. The smallest absolute Gasteiger partial charge is 0.260 e. The van der Waals surface area contributed by atoms with Gasteiger partial charge in [-0.3, -0.25) is 14.5 Å². The SMILES string of the molecule is Cc1nn(C)c(C#N)c1C(=O)Nc1ccc2c(c1)C(c1ccoc1)=NC2. The lowest BCUT2D eigenvalue weighted by Gasteiger charge is -2.08. The van der Waals surface area contributed by atoms with Crippen LogP contribution in [-0.2, 0) is 13.6 Å². The zero-order valence-corrected chi connectivity index (χ0v) is 14.3. The van der Waals surface area contributed by atoms with Crippen LogP contribution in [0.3, 0.4) is 0 Å². The highest BCUT2D eigenvalue weighted by Crippen LogP contribution is 2.27. The average molecular weight is 345 g/mol. The number of hydrogen-bond acceptors (Lipinski definition) is 5. The van der Waals surface area contributed by atoms with Gasteiger partial charge in [0.05, 0.1) is 36.0 Å². The van der Waals surface area contributed by atoms with Crippen molar-refractivity contribution in [3.8, 4) is 6.07 Å². The van der Waals surface area contributed by atoms with E-state index in [4.69, 9.17) is 4.42 Å². The molecule has 7 heteroatoms. The lowest BCUT2D eigenvalue weighted by atomic mass is 10.0. The van der Waals surface area contributed by atoms with Crippen molar-refractivity contribution in [2.45, 2.75) is 13.5 Å². The molecule has 3 aromatic rings. The topological polar surface area (TPSA) is 96.2 Å². The average Bonchev–Trinajstić information content (AvgIpc) is 3.32. The maximum Gasteiger partial charge on any atom is 0.260 e. The van der Waals surface area contributed by atoms with Crippen LogP contribution in [0.4, 0.5) is 5.69 Å². The highest BCUT2D eigenvalue weighted by molar-refractivity contribution is 6.16. The van der Waals surface area contributed by atoms with Gasteiger partial charge >= 0.3 is 0 Å². The molecule has 0 radical (unpaired) electrons. The molecule has 0 spiro atoms. The van der Waals surface area contributed by atoms with Crippen molar-refractivity contribution in [3.63, 3.8) is 0 Å². The van der Waals surface area contributed by atoms with Crippen LogP contribution >= 0.6 is 0 Å². The summed E-state index contributed by atoms with van der Waals surface area (Å²) in [7, 11) is 1.64. The van der Waals surface area contributed by atoms with Gasteiger partial charge in [0.1, 0.15) is 6.07 Å². The fraction of sp³-hybridized carbons (Fsp3) is 0.158. The Kier molecular flexibility index (Phi) is 3.66. The first-order valence-electron chi connectivity index (χ1n) is 8.04. The molecule has 0 aliphatic carbocycles. The van der Waals surface area contributed by atoms with Crippen LogP contribution in [-0.4, -0.2) is 21.4 Å². The van der Waals surface area contributed by atoms with Crippen LogP contribution in [0, 0.1) is 18.3 Å². The van der Waals surface area contributed by atoms with E-state index >= 15 is 0 Å². The second-order valence-corrected chi connectivity index (χ2v) is 6.05. The van der Waals surface area contributed by atoms with Gasteiger partial charge in [-0.05, 0) is 30.7 Å². The van der Waals surface area contributed by atoms with Crippen LogP contribution in [0.2, 0.25) is 0 Å². The van der Waals surface area contributed by atoms with Crippen molar-refractivity contribution < 1.29 is 9.21 Å². The number of amides is 1. The minimum Gasteiger partial charge on any atom is -0.472 e. The zero-order valence-electron chi connectivity index (χ0n) is 14.3. The highest BCUT2D eigenvalue weighted by atomic mass is 16.3. The molecule has 7 nitrogen and oxygen atoms in total. The van der Waals surface area contributed by atoms with Crippen LogP contribution in [0.5, 0.6) is 0 Å². The number of nitriles is 1. The van der Waals surface area contributed by atoms with Gasteiger partial charge in [0.15, 0.2) is 5.69 Å². The number of fused-ring (bicyclic) bond motifs is 1. The number of carbonyl (C=O) groups excluding carboxylic acids is 1. The first kappa shape index (κ1) is 15.8. The van der Waals surface area contributed by atoms with E-state index in [0.29, 0.717) is 23.5 Å². The number of rotatable bonds is 3. The van der Waals surface area contributed by atoms with E-state index in [-0.39, 0.29) is 11.6 Å². The quantitative estimate of drug-likeness (QED) is 0.789. The van der Waals surface area contributed by atoms with Gasteiger partial charge < -0.3 is 9.73 Å². The number of aryl methyl sites for hydroxylation is 2. The molecule has 0 fully saturated rings. The van der Waals surface area contributed by atoms with Crippen molar-refractivity contribution >= 4 is 17.3 Å². The minimum absolute atomic E-state index is 0.238. The molecule has 1 aliphatic rings. The van der Waals surface area contributed by atoms with E-state index in [9.17, 15) is 10.1 Å². The van der Waals surface area contributed by atoms with Crippen LogP contribution < -0.4 is 5.32 Å². The third-order valence-corrected chi connectivity index (χ3v) is 4.38. The monoisotopic (exact) mass is 345 g/mol. The molecule has 26 heavy (non-hydrogen) atoms. The predicted molar refractivity (Wildman–Crippen MR) is 95.1 cm³/mol. The fourth-order valence-corrected chi connectivity index (χ4v) is 3.16. The molecule has 1 aliphatic heterocycles. The van der Waals surface area contributed by atoms with Crippen LogP contribution in [0.1, 0.15) is 38.4 Å². The van der Waals surface area contributed by atoms with E-state index in [1.807, 2.05) is 30.3 Å². The van der Waals surface area contributed by atoms with E-state index in [1.54, 1.807) is 26.5 Å². The first-order chi connectivity index (χ1) is 12.6. The second-order valence-electron chi connectivity index (χ2n) is 6.05. The second kappa shape index (κ2) is 6.01. The van der Waals surface area contributed by atoms with Gasteiger partial charge in [0.2, 0.25) is 0 Å². The molecule has 2 aromatic heterocycles. The molecule has 1 amide bonds. The Hall–Kier alpha value is -3.66. The van der Waals surface area contributed by atoms with Crippen molar-refractivity contribution in [2.24, 2.45) is 12.0 Å². The summed E-state index contributed by atoms with van der Waals surface area (Å²) < 4.78 is 6.56. The van der Waals surface area contributed by atoms with Gasteiger partial charge in [-0.1, -0.05) is 6.07 Å². The summed E-state index contributed by atoms with van der Waals surface area (Å²) in [6, 6.07) is 9.56. The molecule has 4 rings (SSSR count). The number of hydrogen-bond donors (Lipinski definition) is 1. The molecule has 128 valence electrons. The standard InChI is InChI=1S/C19H15N5O2/c1-11-17(16(8-20)24(2)23-11)19(25)22-14-4-3-12-9-21-18(15(12)7-14)13-5-6-26-10-13/h3-7,10H,9H2,1-2H3,(H,22,25). The normalized spacial score (nSPS) is 12.4. The number of nitrogens with zero attached hydrogens (tertiary/aromatic N) is 4. The van der Waals surface area contributed by atoms with Gasteiger partial charge in [0.25, 0.3) is 5.91 Å². The molecule has 0 atom stereocenters. The number of furan rings is 1. The molecule has 0 unspecified atom stereocenters. The van der Waals surface area contributed by atoms with Crippen molar-refractivity contribution in [1.29, 1.82) is 5.26 Å². The predicted octanol–water partition coefficient (Wildman–Crippen LogP) is 2.80. The van der Waals surface area contributed by atoms with Crippen molar-refractivity contribution in [1.82, 2.24) is 9.78 Å². The van der Waals surface area contributed by atoms with Crippen molar-refractivity contribution in [2.75, 3.05) is 5.32 Å². The Morgan fingerprint density at radius 2 is 2.23 bits per heavy atom. The van der Waals surface area contributed by atoms with Gasteiger partial charge in [-0.25, -0.2) is 0 Å². The van der Waals surface area contributed by atoms with Crippen LogP contribution in [0.25, 0.3) is 0 Å². The van der Waals surface area contributed by atoms with E-state index in [1.165, 1.54) is 4.68 Å². The Bertz CT molecular complexity index is 1080. The molecule has 3 heterocycles. The van der Waals surface area contributed by atoms with Crippen LogP contribution in [0.15, 0.2) is 46.2 Å². The highest BCUT2D eigenvalue weighted by Gasteiger charge is 2.22. The molecule has 0 bridgehead atoms. The summed E-state index contributed by atoms with van der Waals surface area (Å²) in [6.45, 7) is 2.31. The van der Waals surface area contributed by atoms with E-state index < -0.39 is 0 Å². The lowest BCUT2D eigenvalue weighted by Crippen LogP contribution is -2.15. The number of carbonyl (C=O) groups is 1. The maximum atomic E-state index is 12.7. The number of aliphatic imine (C=N–C) groups is 1. The Morgan fingerprint density at radius 3 is 2.96 bits per heavy atom. The minimum atomic E-state index is -0.355. The molecule has 0 saturated carbocycles. The molecule has 1 N–H and O–H groups in total. The third kappa shape index (κ3) is 2.48. The van der Waals surface area contributed by atoms with Gasteiger partial charge in [-0.2, -0.15) is 10.4 Å². The van der Waals surface area contributed by atoms with Crippen molar-refractivity contribution in [3.05, 3.63) is 70.4 Å². The van der Waals surface area contributed by atoms with Gasteiger partial charge in [-0.15, -0.1) is 0 Å². The summed E-state index contributed by atoms with van der Waals surface area (Å²) in [6.07, 6.45) is 3.26. The lowest BCUT2D eigenvalue weighted by molar-refractivity contribution is 0.102. The fourth-order valence-electron chi connectivity index (χ4n) is 3.16.